The number of benzene rings is 1. The highest BCUT2D eigenvalue weighted by Gasteiger charge is 2.38. The molecule has 1 aromatic heterocycles. The minimum atomic E-state index is -0.787. The van der Waals surface area contributed by atoms with Gasteiger partial charge in [0.25, 0.3) is 0 Å². The Morgan fingerprint density at radius 1 is 1.24 bits per heavy atom. The van der Waals surface area contributed by atoms with Crippen molar-refractivity contribution in [2.45, 2.75) is 32.1 Å². The van der Waals surface area contributed by atoms with E-state index < -0.39 is 17.7 Å². The topological polar surface area (TPSA) is 100 Å². The van der Waals surface area contributed by atoms with Gasteiger partial charge in [-0.2, -0.15) is 5.26 Å². The van der Waals surface area contributed by atoms with Crippen LogP contribution in [0.3, 0.4) is 0 Å². The number of ether oxygens (including phenoxy) is 1. The van der Waals surface area contributed by atoms with Gasteiger partial charge in [0, 0.05) is 53.5 Å². The van der Waals surface area contributed by atoms with Crippen molar-refractivity contribution in [3.05, 3.63) is 62.5 Å². The highest BCUT2D eigenvalue weighted by Crippen LogP contribution is 2.48. The molecule has 168 valence electrons. The number of rotatable bonds is 2. The third-order valence-electron chi connectivity index (χ3n) is 6.61. The highest BCUT2D eigenvalue weighted by molar-refractivity contribution is 8.03. The number of anilines is 1. The summed E-state index contributed by atoms with van der Waals surface area (Å²) in [4.78, 5) is 11.5. The summed E-state index contributed by atoms with van der Waals surface area (Å²) in [5, 5.41) is 13.4. The van der Waals surface area contributed by atoms with Gasteiger partial charge in [-0.15, -0.1) is 11.8 Å². The molecule has 1 unspecified atom stereocenters. The van der Waals surface area contributed by atoms with Crippen molar-refractivity contribution in [3.8, 4) is 6.07 Å². The molecule has 1 atom stereocenters. The fraction of sp³-hybridized carbons (Fsp3) is 0.348. The maximum absolute atomic E-state index is 16.3. The van der Waals surface area contributed by atoms with Crippen LogP contribution in [0.5, 0.6) is 0 Å². The summed E-state index contributed by atoms with van der Waals surface area (Å²) < 4.78 is 36.7. The lowest BCUT2D eigenvalue weighted by atomic mass is 9.85. The normalized spacial score (nSPS) is 22.3. The number of allylic oxidation sites excluding steroid dienone is 1. The Morgan fingerprint density at radius 3 is 2.82 bits per heavy atom. The number of aromatic nitrogens is 2. The molecule has 5 heterocycles. The standard InChI is InChI=1S/C23H20F2N6OS/c24-15-7-28-21(18-11(5-26)16(27)10-33-22(15)18)17-14-9-32-8-13(14)12-6-29-23(30-20(12)19(17)25)31-3-1-2-4-31/h6-7,21,28H,1-4,8-10,27H2. The third kappa shape index (κ3) is 3.03. The highest BCUT2D eigenvalue weighted by atomic mass is 32.2. The van der Waals surface area contributed by atoms with Gasteiger partial charge < -0.3 is 20.7 Å². The van der Waals surface area contributed by atoms with Gasteiger partial charge in [0.1, 0.15) is 11.6 Å². The molecular weight excluding hydrogens is 446 g/mol. The number of hydrogen-bond donors (Lipinski definition) is 2. The molecule has 0 amide bonds. The molecule has 0 spiro atoms. The molecule has 0 bridgehead atoms. The number of nitrogens with zero attached hydrogens (tertiary/aromatic N) is 4. The van der Waals surface area contributed by atoms with E-state index in [0.29, 0.717) is 51.0 Å². The van der Waals surface area contributed by atoms with Crippen molar-refractivity contribution in [1.82, 2.24) is 15.3 Å². The van der Waals surface area contributed by atoms with Crippen LogP contribution in [0.25, 0.3) is 10.9 Å². The Balaban J connectivity index is 1.59. The van der Waals surface area contributed by atoms with Gasteiger partial charge in [0.2, 0.25) is 5.95 Å². The van der Waals surface area contributed by atoms with Crippen LogP contribution >= 0.6 is 11.8 Å². The zero-order valence-corrected chi connectivity index (χ0v) is 18.4. The lowest BCUT2D eigenvalue weighted by Crippen LogP contribution is -2.29. The number of thioether (sulfide) groups is 1. The Hall–Kier alpha value is -3.16. The Kier molecular flexibility index (Phi) is 4.78. The first-order valence-corrected chi connectivity index (χ1v) is 11.8. The number of halogens is 2. The quantitative estimate of drug-likeness (QED) is 0.693. The molecule has 0 saturated carbocycles. The lowest BCUT2D eigenvalue weighted by Gasteiger charge is -2.32. The first-order valence-electron chi connectivity index (χ1n) is 10.8. The SMILES string of the molecule is N#CC1=C(N)CSC2=C1C(c1c3c(c4cnc(N5CCCC5)nc4c1F)COC3)NC=C2F. The van der Waals surface area contributed by atoms with Gasteiger partial charge in [-0.25, -0.2) is 18.7 Å². The molecule has 1 fully saturated rings. The molecule has 4 aliphatic heterocycles. The van der Waals surface area contributed by atoms with Crippen LogP contribution in [0, 0.1) is 17.1 Å². The molecule has 3 N–H and O–H groups in total. The van der Waals surface area contributed by atoms with E-state index >= 15 is 4.39 Å². The summed E-state index contributed by atoms with van der Waals surface area (Å²) >= 11 is 1.22. The molecule has 10 heteroatoms. The Morgan fingerprint density at radius 2 is 2.03 bits per heavy atom. The molecule has 1 saturated heterocycles. The molecular formula is C23H20F2N6OS. The average molecular weight is 467 g/mol. The maximum atomic E-state index is 16.3. The summed E-state index contributed by atoms with van der Waals surface area (Å²) in [6, 6.07) is 1.32. The van der Waals surface area contributed by atoms with E-state index in [0.717, 1.165) is 31.5 Å². The van der Waals surface area contributed by atoms with Crippen LogP contribution in [-0.4, -0.2) is 28.8 Å². The summed E-state index contributed by atoms with van der Waals surface area (Å²) in [6.45, 7) is 2.20. The van der Waals surface area contributed by atoms with E-state index in [-0.39, 0.29) is 17.7 Å². The predicted molar refractivity (Wildman–Crippen MR) is 121 cm³/mol. The fourth-order valence-corrected chi connectivity index (χ4v) is 6.04. The number of nitrogens with two attached hydrogens (primary N) is 1. The zero-order chi connectivity index (χ0) is 22.7. The van der Waals surface area contributed by atoms with E-state index in [2.05, 4.69) is 26.3 Å². The molecule has 2 aromatic rings. The molecule has 33 heavy (non-hydrogen) atoms. The summed E-state index contributed by atoms with van der Waals surface area (Å²) in [5.74, 6) is -0.187. The molecule has 1 aromatic carbocycles. The predicted octanol–water partition coefficient (Wildman–Crippen LogP) is 3.59. The summed E-state index contributed by atoms with van der Waals surface area (Å²) in [5.41, 5.74) is 9.06. The van der Waals surface area contributed by atoms with Gasteiger partial charge >= 0.3 is 0 Å². The fourth-order valence-electron chi connectivity index (χ4n) is 5.03. The largest absolute Gasteiger partial charge is 0.400 e. The minimum absolute atomic E-state index is 0.192. The van der Waals surface area contributed by atoms with E-state index in [1.165, 1.54) is 18.0 Å². The number of nitriles is 1. The molecule has 7 nitrogen and oxygen atoms in total. The number of nitrogens with one attached hydrogen (secondary N) is 1. The first kappa shape index (κ1) is 20.4. The summed E-state index contributed by atoms with van der Waals surface area (Å²) in [6.07, 6.45) is 5.01. The second kappa shape index (κ2) is 7.71. The Labute approximate surface area is 193 Å². The average Bonchev–Trinajstić information content (AvgIpc) is 3.53. The van der Waals surface area contributed by atoms with Crippen LogP contribution in [0.1, 0.15) is 35.6 Å². The summed E-state index contributed by atoms with van der Waals surface area (Å²) in [7, 11) is 0. The second-order valence-corrected chi connectivity index (χ2v) is 9.43. The van der Waals surface area contributed by atoms with Crippen molar-refractivity contribution < 1.29 is 13.5 Å². The molecule has 6 rings (SSSR count). The van der Waals surface area contributed by atoms with Crippen LogP contribution < -0.4 is 16.0 Å². The van der Waals surface area contributed by atoms with E-state index in [9.17, 15) is 9.65 Å². The van der Waals surface area contributed by atoms with Gasteiger partial charge in [-0.05, 0) is 24.0 Å². The maximum Gasteiger partial charge on any atom is 0.225 e. The van der Waals surface area contributed by atoms with Crippen molar-refractivity contribution >= 4 is 28.6 Å². The lowest BCUT2D eigenvalue weighted by molar-refractivity contribution is 0.134. The van der Waals surface area contributed by atoms with Crippen LogP contribution in [0.4, 0.5) is 14.7 Å². The van der Waals surface area contributed by atoms with E-state index in [1.807, 2.05) is 0 Å². The van der Waals surface area contributed by atoms with E-state index in [4.69, 9.17) is 10.5 Å². The molecule has 0 radical (unpaired) electrons. The van der Waals surface area contributed by atoms with Crippen molar-refractivity contribution in [3.63, 3.8) is 0 Å². The van der Waals surface area contributed by atoms with Crippen LogP contribution in [0.15, 0.2) is 40.0 Å². The zero-order valence-electron chi connectivity index (χ0n) is 17.6. The van der Waals surface area contributed by atoms with Gasteiger partial charge in [0.15, 0.2) is 11.6 Å². The van der Waals surface area contributed by atoms with Crippen LogP contribution in [0.2, 0.25) is 0 Å². The number of hydrogen-bond acceptors (Lipinski definition) is 8. The van der Waals surface area contributed by atoms with Gasteiger partial charge in [-0.3, -0.25) is 0 Å². The monoisotopic (exact) mass is 466 g/mol. The van der Waals surface area contributed by atoms with Crippen molar-refractivity contribution in [2.75, 3.05) is 23.7 Å². The van der Waals surface area contributed by atoms with Crippen molar-refractivity contribution in [1.29, 1.82) is 5.26 Å². The second-order valence-electron chi connectivity index (χ2n) is 8.44. The van der Waals surface area contributed by atoms with Gasteiger partial charge in [-0.1, -0.05) is 0 Å². The minimum Gasteiger partial charge on any atom is -0.400 e. The third-order valence-corrected chi connectivity index (χ3v) is 7.77. The van der Waals surface area contributed by atoms with E-state index in [1.54, 1.807) is 6.20 Å². The molecule has 0 aliphatic carbocycles. The Bertz CT molecular complexity index is 1340. The number of dihydropyridines is 1. The molecule has 4 aliphatic rings. The van der Waals surface area contributed by atoms with Crippen LogP contribution in [-0.2, 0) is 18.0 Å². The number of fused-ring (bicyclic) bond motifs is 3. The first-order chi connectivity index (χ1) is 16.1. The van der Waals surface area contributed by atoms with Gasteiger partial charge in [0.05, 0.1) is 29.7 Å². The smallest absolute Gasteiger partial charge is 0.225 e. The van der Waals surface area contributed by atoms with Crippen molar-refractivity contribution in [2.24, 2.45) is 5.73 Å².